The van der Waals surface area contributed by atoms with Gasteiger partial charge in [0.15, 0.2) is 5.13 Å². The minimum Gasteiger partial charge on any atom is -0.494 e. The summed E-state index contributed by atoms with van der Waals surface area (Å²) in [5.41, 5.74) is 3.45. The number of aromatic nitrogens is 2. The quantitative estimate of drug-likeness (QED) is 0.701. The standard InChI is InChI=1S/C19H20N4O3S/c1-11-9-15(12(2)23(11)19-20-7-8-27-19)18(25)22-14-5-6-16(21-13(3)24)17(10-14)26-4/h5-10H,1-4H3,(H,21,24)(H,22,25). The first-order valence-electron chi connectivity index (χ1n) is 8.26. The number of thiazole rings is 1. The van der Waals surface area contributed by atoms with Crippen LogP contribution in [0, 0.1) is 13.8 Å². The second kappa shape index (κ2) is 7.63. The maximum Gasteiger partial charge on any atom is 0.257 e. The summed E-state index contributed by atoms with van der Waals surface area (Å²) in [7, 11) is 1.51. The molecule has 0 aliphatic rings. The number of hydrogen-bond acceptors (Lipinski definition) is 5. The second-order valence-electron chi connectivity index (χ2n) is 5.99. The third-order valence-corrected chi connectivity index (χ3v) is 4.81. The zero-order chi connectivity index (χ0) is 19.6. The van der Waals surface area contributed by atoms with Gasteiger partial charge in [-0.3, -0.25) is 14.2 Å². The molecule has 0 radical (unpaired) electrons. The number of anilines is 2. The number of amides is 2. The number of aryl methyl sites for hydroxylation is 1. The van der Waals surface area contributed by atoms with Gasteiger partial charge in [-0.25, -0.2) is 4.98 Å². The molecule has 0 aliphatic heterocycles. The zero-order valence-electron chi connectivity index (χ0n) is 15.5. The molecule has 7 nitrogen and oxygen atoms in total. The van der Waals surface area contributed by atoms with Gasteiger partial charge in [-0.2, -0.15) is 0 Å². The summed E-state index contributed by atoms with van der Waals surface area (Å²) in [6.07, 6.45) is 1.74. The van der Waals surface area contributed by atoms with Crippen LogP contribution in [0.3, 0.4) is 0 Å². The fraction of sp³-hybridized carbons (Fsp3) is 0.211. The van der Waals surface area contributed by atoms with Crippen molar-refractivity contribution >= 4 is 34.5 Å². The lowest BCUT2D eigenvalue weighted by atomic mass is 10.2. The molecule has 1 aromatic carbocycles. The summed E-state index contributed by atoms with van der Waals surface area (Å²) in [5, 5.41) is 8.29. The Morgan fingerprint density at radius 2 is 1.96 bits per heavy atom. The van der Waals surface area contributed by atoms with E-state index in [9.17, 15) is 9.59 Å². The number of rotatable bonds is 5. The van der Waals surface area contributed by atoms with Crippen molar-refractivity contribution in [2.24, 2.45) is 0 Å². The molecule has 0 saturated carbocycles. The van der Waals surface area contributed by atoms with Gasteiger partial charge in [0.1, 0.15) is 5.75 Å². The number of hydrogen-bond donors (Lipinski definition) is 2. The highest BCUT2D eigenvalue weighted by Gasteiger charge is 2.18. The van der Waals surface area contributed by atoms with E-state index in [0.29, 0.717) is 22.7 Å². The lowest BCUT2D eigenvalue weighted by Crippen LogP contribution is -2.13. The van der Waals surface area contributed by atoms with Gasteiger partial charge < -0.3 is 15.4 Å². The molecule has 0 aliphatic carbocycles. The van der Waals surface area contributed by atoms with Crippen LogP contribution >= 0.6 is 11.3 Å². The molecule has 0 bridgehead atoms. The minimum atomic E-state index is -0.222. The third-order valence-electron chi connectivity index (χ3n) is 4.06. The molecule has 2 N–H and O–H groups in total. The Hall–Kier alpha value is -3.13. The van der Waals surface area contributed by atoms with E-state index in [1.165, 1.54) is 25.4 Å². The second-order valence-corrected chi connectivity index (χ2v) is 6.86. The van der Waals surface area contributed by atoms with Gasteiger partial charge >= 0.3 is 0 Å². The van der Waals surface area contributed by atoms with Crippen LogP contribution in [-0.4, -0.2) is 28.5 Å². The number of methoxy groups -OCH3 is 1. The molecule has 0 fully saturated rings. The van der Waals surface area contributed by atoms with Crippen molar-refractivity contribution in [3.05, 3.63) is 52.8 Å². The first-order chi connectivity index (χ1) is 12.9. The monoisotopic (exact) mass is 384 g/mol. The summed E-state index contributed by atoms with van der Waals surface area (Å²) < 4.78 is 7.25. The molecule has 0 spiro atoms. The fourth-order valence-corrected chi connectivity index (χ4v) is 3.63. The van der Waals surface area contributed by atoms with Crippen molar-refractivity contribution in [3.8, 4) is 10.9 Å². The number of nitrogens with zero attached hydrogens (tertiary/aromatic N) is 2. The molecular weight excluding hydrogens is 364 g/mol. The highest BCUT2D eigenvalue weighted by molar-refractivity contribution is 7.12. The van der Waals surface area contributed by atoms with Crippen molar-refractivity contribution in [3.63, 3.8) is 0 Å². The molecule has 3 aromatic rings. The minimum absolute atomic E-state index is 0.195. The predicted octanol–water partition coefficient (Wildman–Crippen LogP) is 3.77. The van der Waals surface area contributed by atoms with Gasteiger partial charge in [-0.15, -0.1) is 11.3 Å². The molecule has 8 heteroatoms. The van der Waals surface area contributed by atoms with E-state index in [4.69, 9.17) is 4.74 Å². The number of benzene rings is 1. The van der Waals surface area contributed by atoms with Gasteiger partial charge in [-0.05, 0) is 32.0 Å². The Kier molecular flexibility index (Phi) is 5.27. The van der Waals surface area contributed by atoms with Crippen molar-refractivity contribution in [2.75, 3.05) is 17.7 Å². The van der Waals surface area contributed by atoms with Crippen LogP contribution in [0.1, 0.15) is 28.7 Å². The van der Waals surface area contributed by atoms with E-state index < -0.39 is 0 Å². The smallest absolute Gasteiger partial charge is 0.257 e. The van der Waals surface area contributed by atoms with Crippen LogP contribution < -0.4 is 15.4 Å². The molecule has 2 heterocycles. The van der Waals surface area contributed by atoms with Crippen LogP contribution in [0.15, 0.2) is 35.8 Å². The molecule has 27 heavy (non-hydrogen) atoms. The van der Waals surface area contributed by atoms with Crippen LogP contribution in [0.4, 0.5) is 11.4 Å². The van der Waals surface area contributed by atoms with E-state index >= 15 is 0 Å². The van der Waals surface area contributed by atoms with E-state index in [1.54, 1.807) is 24.4 Å². The molecule has 0 saturated heterocycles. The molecule has 0 atom stereocenters. The molecule has 0 unspecified atom stereocenters. The molecule has 3 rings (SSSR count). The Labute approximate surface area is 161 Å². The lowest BCUT2D eigenvalue weighted by molar-refractivity contribution is -0.114. The average Bonchev–Trinajstić information content (AvgIpc) is 3.23. The highest BCUT2D eigenvalue weighted by atomic mass is 32.1. The molecule has 140 valence electrons. The summed E-state index contributed by atoms with van der Waals surface area (Å²) in [6.45, 7) is 5.26. The summed E-state index contributed by atoms with van der Waals surface area (Å²) in [6, 6.07) is 6.92. The van der Waals surface area contributed by atoms with Crippen molar-refractivity contribution in [2.45, 2.75) is 20.8 Å². The first-order valence-corrected chi connectivity index (χ1v) is 9.14. The van der Waals surface area contributed by atoms with Gasteiger partial charge in [0.25, 0.3) is 5.91 Å². The molecule has 2 aromatic heterocycles. The predicted molar refractivity (Wildman–Crippen MR) is 106 cm³/mol. The van der Waals surface area contributed by atoms with Crippen molar-refractivity contribution in [1.29, 1.82) is 0 Å². The van der Waals surface area contributed by atoms with Gasteiger partial charge in [-0.1, -0.05) is 0 Å². The summed E-state index contributed by atoms with van der Waals surface area (Å²) >= 11 is 1.51. The van der Waals surface area contributed by atoms with E-state index in [0.717, 1.165) is 16.5 Å². The molecule has 2 amide bonds. The largest absolute Gasteiger partial charge is 0.494 e. The van der Waals surface area contributed by atoms with Crippen molar-refractivity contribution in [1.82, 2.24) is 9.55 Å². The number of ether oxygens (including phenoxy) is 1. The van der Waals surface area contributed by atoms with Crippen molar-refractivity contribution < 1.29 is 14.3 Å². The zero-order valence-corrected chi connectivity index (χ0v) is 16.3. The highest BCUT2D eigenvalue weighted by Crippen LogP contribution is 2.29. The van der Waals surface area contributed by atoms with E-state index in [-0.39, 0.29) is 11.8 Å². The number of carbonyl (C=O) groups excluding carboxylic acids is 2. The van der Waals surface area contributed by atoms with E-state index in [1.807, 2.05) is 29.9 Å². The Balaban J connectivity index is 1.86. The number of nitrogens with one attached hydrogen (secondary N) is 2. The summed E-state index contributed by atoms with van der Waals surface area (Å²) in [5.74, 6) is 0.0520. The van der Waals surface area contributed by atoms with Gasteiger partial charge in [0.05, 0.1) is 18.4 Å². The SMILES string of the molecule is COc1cc(NC(=O)c2cc(C)n(-c3nccs3)c2C)ccc1NC(C)=O. The van der Waals surface area contributed by atoms with Crippen LogP contribution in [0.5, 0.6) is 5.75 Å². The third kappa shape index (κ3) is 3.85. The number of carbonyl (C=O) groups is 2. The average molecular weight is 384 g/mol. The maximum atomic E-state index is 12.8. The maximum absolute atomic E-state index is 12.8. The Bertz CT molecular complexity index is 993. The van der Waals surface area contributed by atoms with Crippen LogP contribution in [0.2, 0.25) is 0 Å². The Morgan fingerprint density at radius 1 is 1.19 bits per heavy atom. The first kappa shape index (κ1) is 18.7. The molecular formula is C19H20N4O3S. The van der Waals surface area contributed by atoms with Gasteiger partial charge in [0.2, 0.25) is 5.91 Å². The normalized spacial score (nSPS) is 10.5. The topological polar surface area (TPSA) is 85.2 Å². The lowest BCUT2D eigenvalue weighted by Gasteiger charge is -2.12. The Morgan fingerprint density at radius 3 is 2.59 bits per heavy atom. The van der Waals surface area contributed by atoms with Crippen LogP contribution in [-0.2, 0) is 4.79 Å². The van der Waals surface area contributed by atoms with E-state index in [2.05, 4.69) is 15.6 Å². The fourth-order valence-electron chi connectivity index (χ4n) is 2.87. The summed E-state index contributed by atoms with van der Waals surface area (Å²) in [4.78, 5) is 28.4. The van der Waals surface area contributed by atoms with Gasteiger partial charge in [0, 0.05) is 41.6 Å². The van der Waals surface area contributed by atoms with Crippen LogP contribution in [0.25, 0.3) is 5.13 Å².